The first-order chi connectivity index (χ1) is 13.0. The predicted octanol–water partition coefficient (Wildman–Crippen LogP) is 5.08. The van der Waals surface area contributed by atoms with Gasteiger partial charge in [0.15, 0.2) is 11.5 Å². The van der Waals surface area contributed by atoms with E-state index in [0.29, 0.717) is 35.2 Å². The molecular formula is C20H24BrClFNO3. The normalized spacial score (nSPS) is 12.1. The number of rotatable bonds is 10. The largest absolute Gasteiger partial charge is 0.490 e. The molecule has 4 nitrogen and oxygen atoms in total. The number of ether oxygens (including phenoxy) is 2. The number of hydrogen-bond donors (Lipinski definition) is 2. The van der Waals surface area contributed by atoms with E-state index in [1.54, 1.807) is 6.07 Å². The van der Waals surface area contributed by atoms with E-state index in [0.717, 1.165) is 16.5 Å². The van der Waals surface area contributed by atoms with Crippen molar-refractivity contribution in [3.8, 4) is 11.5 Å². The van der Waals surface area contributed by atoms with Gasteiger partial charge in [-0.3, -0.25) is 0 Å². The highest BCUT2D eigenvalue weighted by Gasteiger charge is 2.14. The van der Waals surface area contributed by atoms with Gasteiger partial charge in [-0.2, -0.15) is 0 Å². The van der Waals surface area contributed by atoms with Crippen LogP contribution in [0.3, 0.4) is 0 Å². The van der Waals surface area contributed by atoms with Crippen molar-refractivity contribution in [2.75, 3.05) is 13.2 Å². The molecule has 7 heteroatoms. The van der Waals surface area contributed by atoms with Crippen molar-refractivity contribution in [1.82, 2.24) is 5.32 Å². The lowest BCUT2D eigenvalue weighted by Crippen LogP contribution is -2.31. The van der Waals surface area contributed by atoms with Gasteiger partial charge >= 0.3 is 0 Å². The molecule has 0 saturated carbocycles. The average Bonchev–Trinajstić information content (AvgIpc) is 2.63. The van der Waals surface area contributed by atoms with Crippen LogP contribution in [0.5, 0.6) is 11.5 Å². The van der Waals surface area contributed by atoms with Crippen molar-refractivity contribution in [2.45, 2.75) is 39.5 Å². The molecule has 0 aromatic heterocycles. The molecule has 2 aromatic rings. The first-order valence-corrected chi connectivity index (χ1v) is 10.0. The molecule has 0 radical (unpaired) electrons. The van der Waals surface area contributed by atoms with Crippen LogP contribution in [0.15, 0.2) is 34.8 Å². The highest BCUT2D eigenvalue weighted by Crippen LogP contribution is 2.38. The second kappa shape index (κ2) is 10.9. The maximum Gasteiger partial charge on any atom is 0.175 e. The third kappa shape index (κ3) is 6.35. The summed E-state index contributed by atoms with van der Waals surface area (Å²) < 4.78 is 25.6. The van der Waals surface area contributed by atoms with E-state index in [9.17, 15) is 9.50 Å². The summed E-state index contributed by atoms with van der Waals surface area (Å²) in [5.41, 5.74) is 1.69. The van der Waals surface area contributed by atoms with Crippen LogP contribution in [0.1, 0.15) is 31.4 Å². The van der Waals surface area contributed by atoms with Crippen LogP contribution in [-0.2, 0) is 13.2 Å². The van der Waals surface area contributed by atoms with Gasteiger partial charge < -0.3 is 19.9 Å². The van der Waals surface area contributed by atoms with Crippen molar-refractivity contribution >= 4 is 27.5 Å². The van der Waals surface area contributed by atoms with E-state index in [4.69, 9.17) is 21.1 Å². The van der Waals surface area contributed by atoms with Gasteiger partial charge in [-0.25, -0.2) is 4.39 Å². The van der Waals surface area contributed by atoms with Crippen LogP contribution in [0.4, 0.5) is 4.39 Å². The fourth-order valence-electron chi connectivity index (χ4n) is 2.52. The summed E-state index contributed by atoms with van der Waals surface area (Å²) in [4.78, 5) is 0. The van der Waals surface area contributed by atoms with Gasteiger partial charge in [0.1, 0.15) is 12.4 Å². The number of aliphatic hydroxyl groups is 1. The van der Waals surface area contributed by atoms with Crippen LogP contribution in [0.2, 0.25) is 5.02 Å². The molecule has 2 rings (SSSR count). The SMILES string of the molecule is CCOc1cc(CNC(CC)CO)cc(Br)c1OCc1ccc(F)cc1Cl. The minimum absolute atomic E-state index is 0.0517. The third-order valence-corrected chi connectivity index (χ3v) is 5.01. The van der Waals surface area contributed by atoms with Gasteiger partial charge in [-0.05, 0) is 59.1 Å². The summed E-state index contributed by atoms with van der Waals surface area (Å²) in [7, 11) is 0. The fourth-order valence-corrected chi connectivity index (χ4v) is 3.34. The molecule has 148 valence electrons. The van der Waals surface area contributed by atoms with Gasteiger partial charge in [0, 0.05) is 18.2 Å². The number of halogens is 3. The van der Waals surface area contributed by atoms with Gasteiger partial charge in [0.25, 0.3) is 0 Å². The molecule has 0 saturated heterocycles. The first-order valence-electron chi connectivity index (χ1n) is 8.84. The molecule has 0 bridgehead atoms. The van der Waals surface area contributed by atoms with Crippen LogP contribution < -0.4 is 14.8 Å². The Morgan fingerprint density at radius 1 is 1.22 bits per heavy atom. The van der Waals surface area contributed by atoms with E-state index >= 15 is 0 Å². The Bertz CT molecular complexity index is 756. The average molecular weight is 461 g/mol. The Morgan fingerprint density at radius 3 is 2.63 bits per heavy atom. The predicted molar refractivity (Wildman–Crippen MR) is 109 cm³/mol. The topological polar surface area (TPSA) is 50.7 Å². The number of benzene rings is 2. The molecule has 0 heterocycles. The lowest BCUT2D eigenvalue weighted by atomic mass is 10.1. The molecule has 1 atom stereocenters. The Labute approximate surface area is 172 Å². The molecule has 0 aliphatic carbocycles. The van der Waals surface area contributed by atoms with Gasteiger partial charge in [-0.15, -0.1) is 0 Å². The lowest BCUT2D eigenvalue weighted by molar-refractivity contribution is 0.238. The molecule has 0 spiro atoms. The zero-order valence-corrected chi connectivity index (χ0v) is 17.7. The maximum atomic E-state index is 13.2. The minimum atomic E-state index is -0.384. The van der Waals surface area contributed by atoms with Crippen LogP contribution in [-0.4, -0.2) is 24.4 Å². The zero-order valence-electron chi connectivity index (χ0n) is 15.4. The summed E-state index contributed by atoms with van der Waals surface area (Å²) in [6.07, 6.45) is 0.843. The van der Waals surface area contributed by atoms with E-state index in [-0.39, 0.29) is 25.1 Å². The molecule has 27 heavy (non-hydrogen) atoms. The third-order valence-electron chi connectivity index (χ3n) is 4.06. The van der Waals surface area contributed by atoms with E-state index in [1.165, 1.54) is 12.1 Å². The van der Waals surface area contributed by atoms with Crippen LogP contribution in [0.25, 0.3) is 0 Å². The summed E-state index contributed by atoms with van der Waals surface area (Å²) in [5.74, 6) is 0.791. The summed E-state index contributed by atoms with van der Waals surface area (Å²) >= 11 is 9.61. The van der Waals surface area contributed by atoms with Gasteiger partial charge in [0.05, 0.1) is 22.7 Å². The second-order valence-electron chi connectivity index (χ2n) is 6.03. The van der Waals surface area contributed by atoms with E-state index in [1.807, 2.05) is 26.0 Å². The Kier molecular flexibility index (Phi) is 8.83. The molecule has 2 aromatic carbocycles. The molecular weight excluding hydrogens is 437 g/mol. The number of aliphatic hydroxyl groups excluding tert-OH is 1. The smallest absolute Gasteiger partial charge is 0.175 e. The number of hydrogen-bond acceptors (Lipinski definition) is 4. The molecule has 0 aliphatic rings. The van der Waals surface area contributed by atoms with Gasteiger partial charge in [-0.1, -0.05) is 24.6 Å². The quantitative estimate of drug-likeness (QED) is 0.519. The van der Waals surface area contributed by atoms with E-state index in [2.05, 4.69) is 21.2 Å². The zero-order chi connectivity index (χ0) is 19.8. The standard InChI is InChI=1S/C20H24BrClFNO3/c1-3-16(11-25)24-10-13-7-17(21)20(19(8-13)26-4-2)27-12-14-5-6-15(23)9-18(14)22/h5-9,16,24-25H,3-4,10-12H2,1-2H3. The van der Waals surface area contributed by atoms with E-state index < -0.39 is 0 Å². The minimum Gasteiger partial charge on any atom is -0.490 e. The monoisotopic (exact) mass is 459 g/mol. The molecule has 0 aliphatic heterocycles. The Balaban J connectivity index is 2.17. The number of nitrogens with one attached hydrogen (secondary N) is 1. The molecule has 2 N–H and O–H groups in total. The first kappa shape index (κ1) is 22.0. The molecule has 0 fully saturated rings. The molecule has 0 amide bonds. The van der Waals surface area contributed by atoms with Crippen molar-refractivity contribution < 1.29 is 19.0 Å². The fraction of sp³-hybridized carbons (Fsp3) is 0.400. The van der Waals surface area contributed by atoms with Crippen molar-refractivity contribution in [3.63, 3.8) is 0 Å². The van der Waals surface area contributed by atoms with Crippen molar-refractivity contribution in [3.05, 3.63) is 56.8 Å². The summed E-state index contributed by atoms with van der Waals surface area (Å²) in [6, 6.07) is 8.12. The summed E-state index contributed by atoms with van der Waals surface area (Å²) in [6.45, 7) is 5.30. The highest BCUT2D eigenvalue weighted by atomic mass is 79.9. The highest BCUT2D eigenvalue weighted by molar-refractivity contribution is 9.10. The Morgan fingerprint density at radius 2 is 2.00 bits per heavy atom. The van der Waals surface area contributed by atoms with Gasteiger partial charge in [0.2, 0.25) is 0 Å². The summed E-state index contributed by atoms with van der Waals surface area (Å²) in [5, 5.41) is 12.9. The Hall–Kier alpha value is -1.34. The lowest BCUT2D eigenvalue weighted by Gasteiger charge is -2.18. The van der Waals surface area contributed by atoms with Crippen molar-refractivity contribution in [1.29, 1.82) is 0 Å². The maximum absolute atomic E-state index is 13.2. The van der Waals surface area contributed by atoms with Crippen LogP contribution >= 0.6 is 27.5 Å². The second-order valence-corrected chi connectivity index (χ2v) is 7.29. The molecule has 1 unspecified atom stereocenters. The van der Waals surface area contributed by atoms with Crippen LogP contribution in [0, 0.1) is 5.82 Å². The van der Waals surface area contributed by atoms with Crippen molar-refractivity contribution in [2.24, 2.45) is 0 Å².